The van der Waals surface area contributed by atoms with Crippen LogP contribution in [0, 0.1) is 0 Å². The topological polar surface area (TPSA) is 64.2 Å². The second kappa shape index (κ2) is 6.30. The van der Waals surface area contributed by atoms with Gasteiger partial charge in [-0.15, -0.1) is 0 Å². The smallest absolute Gasteiger partial charge is 0.408 e. The number of fused-ring (bicyclic) bond motifs is 1. The third-order valence-electron chi connectivity index (χ3n) is 3.64. The summed E-state index contributed by atoms with van der Waals surface area (Å²) in [5.74, 6) is -0.810. The summed E-state index contributed by atoms with van der Waals surface area (Å²) >= 11 is 5.92. The minimum atomic E-state index is -0.676. The second-order valence-electron chi connectivity index (χ2n) is 5.23. The van der Waals surface area contributed by atoms with E-state index in [0.29, 0.717) is 22.7 Å². The first-order chi connectivity index (χ1) is 11.1. The van der Waals surface area contributed by atoms with Gasteiger partial charge in [0.05, 0.1) is 5.52 Å². The van der Waals surface area contributed by atoms with Gasteiger partial charge in [0.2, 0.25) is 5.91 Å². The molecular formula is C17H15ClN2O3. The quantitative estimate of drug-likeness (QED) is 0.799. The summed E-state index contributed by atoms with van der Waals surface area (Å²) < 4.78 is 6.51. The number of nitrogens with one attached hydrogen (secondary N) is 1. The maximum absolute atomic E-state index is 12.4. The highest BCUT2D eigenvalue weighted by Crippen LogP contribution is 2.17. The molecule has 1 atom stereocenters. The summed E-state index contributed by atoms with van der Waals surface area (Å²) in [4.78, 5) is 24.4. The average Bonchev–Trinajstić information content (AvgIpc) is 2.87. The van der Waals surface area contributed by atoms with Gasteiger partial charge in [0.25, 0.3) is 0 Å². The van der Waals surface area contributed by atoms with Gasteiger partial charge in [0.15, 0.2) is 5.58 Å². The molecule has 1 amide bonds. The van der Waals surface area contributed by atoms with Gasteiger partial charge in [-0.3, -0.25) is 9.36 Å². The fourth-order valence-electron chi connectivity index (χ4n) is 2.45. The molecule has 0 aliphatic rings. The molecule has 3 rings (SSSR count). The number of amides is 1. The van der Waals surface area contributed by atoms with Gasteiger partial charge in [-0.1, -0.05) is 35.9 Å². The first-order valence-electron chi connectivity index (χ1n) is 7.18. The van der Waals surface area contributed by atoms with Crippen molar-refractivity contribution in [3.8, 4) is 0 Å². The number of benzene rings is 2. The highest BCUT2D eigenvalue weighted by molar-refractivity contribution is 6.30. The van der Waals surface area contributed by atoms with Crippen LogP contribution in [0.4, 0.5) is 0 Å². The standard InChI is InChI=1S/C17H15ClN2O3/c1-11(16(21)19-10-12-5-4-6-13(18)9-12)20-14-7-2-3-8-15(14)23-17(20)22/h2-9,11H,10H2,1H3,(H,19,21). The van der Waals surface area contributed by atoms with Crippen LogP contribution in [-0.4, -0.2) is 10.5 Å². The molecule has 6 heteroatoms. The number of carbonyl (C=O) groups is 1. The van der Waals surface area contributed by atoms with Crippen molar-refractivity contribution in [1.82, 2.24) is 9.88 Å². The zero-order chi connectivity index (χ0) is 16.4. The molecule has 1 aromatic heterocycles. The van der Waals surface area contributed by atoms with E-state index in [9.17, 15) is 9.59 Å². The Bertz CT molecular complexity index is 913. The van der Waals surface area contributed by atoms with Crippen molar-refractivity contribution in [2.45, 2.75) is 19.5 Å². The fraction of sp³-hybridized carbons (Fsp3) is 0.176. The van der Waals surface area contributed by atoms with E-state index in [1.165, 1.54) is 4.57 Å². The van der Waals surface area contributed by atoms with E-state index in [1.54, 1.807) is 43.3 Å². The van der Waals surface area contributed by atoms with E-state index >= 15 is 0 Å². The Morgan fingerprint density at radius 1 is 1.26 bits per heavy atom. The molecule has 118 valence electrons. The molecule has 0 fully saturated rings. The van der Waals surface area contributed by atoms with E-state index in [-0.39, 0.29) is 5.91 Å². The molecule has 5 nitrogen and oxygen atoms in total. The number of hydrogen-bond donors (Lipinski definition) is 1. The number of halogens is 1. The largest absolute Gasteiger partial charge is 0.420 e. The van der Waals surface area contributed by atoms with Crippen molar-refractivity contribution in [2.75, 3.05) is 0 Å². The van der Waals surface area contributed by atoms with Gasteiger partial charge in [-0.2, -0.15) is 0 Å². The summed E-state index contributed by atoms with van der Waals surface area (Å²) in [5.41, 5.74) is 1.96. The summed E-state index contributed by atoms with van der Waals surface area (Å²) in [5, 5.41) is 3.42. The SMILES string of the molecule is CC(C(=O)NCc1cccc(Cl)c1)n1c(=O)oc2ccccc21. The molecule has 1 N–H and O–H groups in total. The van der Waals surface area contributed by atoms with Gasteiger partial charge >= 0.3 is 5.76 Å². The summed E-state index contributed by atoms with van der Waals surface area (Å²) in [6.45, 7) is 2.00. The number of carbonyl (C=O) groups excluding carboxylic acids is 1. The predicted octanol–water partition coefficient (Wildman–Crippen LogP) is 3.13. The first-order valence-corrected chi connectivity index (χ1v) is 7.56. The van der Waals surface area contributed by atoms with Crippen molar-refractivity contribution in [3.05, 3.63) is 69.7 Å². The molecule has 2 aromatic carbocycles. The van der Waals surface area contributed by atoms with E-state index in [4.69, 9.17) is 16.0 Å². The second-order valence-corrected chi connectivity index (χ2v) is 5.67. The maximum Gasteiger partial charge on any atom is 0.420 e. The van der Waals surface area contributed by atoms with Crippen LogP contribution in [0.2, 0.25) is 5.02 Å². The van der Waals surface area contributed by atoms with Crippen molar-refractivity contribution in [3.63, 3.8) is 0 Å². The van der Waals surface area contributed by atoms with Gasteiger partial charge in [0, 0.05) is 11.6 Å². The molecule has 1 heterocycles. The average molecular weight is 331 g/mol. The van der Waals surface area contributed by atoms with E-state index in [0.717, 1.165) is 5.56 Å². The molecule has 0 spiro atoms. The zero-order valence-corrected chi connectivity index (χ0v) is 13.2. The number of rotatable bonds is 4. The van der Waals surface area contributed by atoms with Gasteiger partial charge < -0.3 is 9.73 Å². The van der Waals surface area contributed by atoms with Crippen LogP contribution in [-0.2, 0) is 11.3 Å². The lowest BCUT2D eigenvalue weighted by molar-refractivity contribution is -0.124. The Hall–Kier alpha value is -2.53. The molecule has 0 bridgehead atoms. The fourth-order valence-corrected chi connectivity index (χ4v) is 2.66. The number of hydrogen-bond acceptors (Lipinski definition) is 3. The Morgan fingerprint density at radius 3 is 2.83 bits per heavy atom. The number of aromatic nitrogens is 1. The predicted molar refractivity (Wildman–Crippen MR) is 88.5 cm³/mol. The minimum Gasteiger partial charge on any atom is -0.408 e. The lowest BCUT2D eigenvalue weighted by atomic mass is 10.2. The van der Waals surface area contributed by atoms with E-state index in [2.05, 4.69) is 5.32 Å². The Kier molecular flexibility index (Phi) is 4.21. The van der Waals surface area contributed by atoms with Crippen LogP contribution in [0.25, 0.3) is 11.1 Å². The molecule has 1 unspecified atom stereocenters. The van der Waals surface area contributed by atoms with Crippen molar-refractivity contribution < 1.29 is 9.21 Å². The summed E-state index contributed by atoms with van der Waals surface area (Å²) in [7, 11) is 0. The molecular weight excluding hydrogens is 316 g/mol. The maximum atomic E-state index is 12.4. The van der Waals surface area contributed by atoms with Crippen LogP contribution >= 0.6 is 11.6 Å². The van der Waals surface area contributed by atoms with Crippen LogP contribution < -0.4 is 11.1 Å². The first kappa shape index (κ1) is 15.4. The molecule has 3 aromatic rings. The van der Waals surface area contributed by atoms with Gasteiger partial charge in [-0.05, 0) is 36.8 Å². The van der Waals surface area contributed by atoms with E-state index in [1.807, 2.05) is 12.1 Å². The number of nitrogens with zero attached hydrogens (tertiary/aromatic N) is 1. The number of para-hydroxylation sites is 2. The van der Waals surface area contributed by atoms with E-state index < -0.39 is 11.8 Å². The van der Waals surface area contributed by atoms with Crippen LogP contribution in [0.3, 0.4) is 0 Å². The Balaban J connectivity index is 1.79. The summed E-state index contributed by atoms with van der Waals surface area (Å²) in [6.07, 6.45) is 0. The van der Waals surface area contributed by atoms with Crippen molar-refractivity contribution in [2.24, 2.45) is 0 Å². The van der Waals surface area contributed by atoms with Gasteiger partial charge in [-0.25, -0.2) is 4.79 Å². The van der Waals surface area contributed by atoms with Crippen LogP contribution in [0.1, 0.15) is 18.5 Å². The van der Waals surface area contributed by atoms with Crippen LogP contribution in [0.5, 0.6) is 0 Å². The monoisotopic (exact) mass is 330 g/mol. The molecule has 0 saturated carbocycles. The molecule has 0 aliphatic carbocycles. The normalized spacial score (nSPS) is 12.3. The highest BCUT2D eigenvalue weighted by Gasteiger charge is 2.20. The van der Waals surface area contributed by atoms with Crippen molar-refractivity contribution in [1.29, 1.82) is 0 Å². The lowest BCUT2D eigenvalue weighted by Crippen LogP contribution is -2.34. The third-order valence-corrected chi connectivity index (χ3v) is 3.88. The minimum absolute atomic E-state index is 0.265. The molecule has 0 aliphatic heterocycles. The zero-order valence-electron chi connectivity index (χ0n) is 12.5. The molecule has 0 saturated heterocycles. The Labute approximate surface area is 137 Å². The lowest BCUT2D eigenvalue weighted by Gasteiger charge is -2.13. The number of oxazole rings is 1. The highest BCUT2D eigenvalue weighted by atomic mass is 35.5. The Morgan fingerprint density at radius 2 is 2.04 bits per heavy atom. The van der Waals surface area contributed by atoms with Gasteiger partial charge in [0.1, 0.15) is 6.04 Å². The third kappa shape index (κ3) is 3.14. The summed E-state index contributed by atoms with van der Waals surface area (Å²) in [6, 6.07) is 13.6. The molecule has 23 heavy (non-hydrogen) atoms. The van der Waals surface area contributed by atoms with Crippen molar-refractivity contribution >= 4 is 28.6 Å². The van der Waals surface area contributed by atoms with Crippen LogP contribution in [0.15, 0.2) is 57.7 Å². The molecule has 0 radical (unpaired) electrons.